The van der Waals surface area contributed by atoms with Crippen LogP contribution in [0.2, 0.25) is 15.1 Å². The van der Waals surface area contributed by atoms with Crippen molar-refractivity contribution in [3.05, 3.63) is 62.8 Å². The van der Waals surface area contributed by atoms with Gasteiger partial charge in [0.2, 0.25) is 0 Å². The summed E-state index contributed by atoms with van der Waals surface area (Å²) < 4.78 is 17.9. The van der Waals surface area contributed by atoms with Gasteiger partial charge in [0.15, 0.2) is 11.9 Å². The average Bonchev–Trinajstić information content (AvgIpc) is 2.63. The van der Waals surface area contributed by atoms with Crippen LogP contribution in [0.3, 0.4) is 0 Å². The van der Waals surface area contributed by atoms with Gasteiger partial charge >= 0.3 is 5.97 Å². The Kier molecular flexibility index (Phi) is 7.80. The van der Waals surface area contributed by atoms with Crippen molar-refractivity contribution in [3.63, 3.8) is 0 Å². The number of ether oxygens (including phenoxy) is 1. The Labute approximate surface area is 175 Å². The third kappa shape index (κ3) is 6.19. The number of anilines is 1. The Balaban J connectivity index is 1.87. The number of hydrogen-bond donors (Lipinski definition) is 1. The van der Waals surface area contributed by atoms with E-state index < -0.39 is 23.8 Å². The highest BCUT2D eigenvalue weighted by atomic mass is 35.5. The molecule has 0 aliphatic rings. The second-order valence-electron chi connectivity index (χ2n) is 5.80. The summed E-state index contributed by atoms with van der Waals surface area (Å²) in [6.45, 7) is 1.37. The minimum absolute atomic E-state index is 0.131. The van der Waals surface area contributed by atoms with Crippen molar-refractivity contribution in [2.24, 2.45) is 0 Å². The first-order chi connectivity index (χ1) is 13.2. The molecule has 0 bridgehead atoms. The van der Waals surface area contributed by atoms with Crippen molar-refractivity contribution in [1.29, 1.82) is 0 Å². The summed E-state index contributed by atoms with van der Waals surface area (Å²) in [5.74, 6) is -2.18. The third-order valence-electron chi connectivity index (χ3n) is 3.65. The van der Waals surface area contributed by atoms with Gasteiger partial charge in [-0.3, -0.25) is 14.4 Å². The Morgan fingerprint density at radius 1 is 1.04 bits per heavy atom. The summed E-state index contributed by atoms with van der Waals surface area (Å²) in [4.78, 5) is 36.1. The van der Waals surface area contributed by atoms with Crippen LogP contribution in [0.5, 0.6) is 0 Å². The molecule has 1 unspecified atom stereocenters. The fraction of sp³-hybridized carbons (Fsp3) is 0.211. The second-order valence-corrected chi connectivity index (χ2v) is 7.05. The van der Waals surface area contributed by atoms with Crippen LogP contribution in [0.1, 0.15) is 30.1 Å². The molecule has 1 N–H and O–H groups in total. The molecule has 9 heteroatoms. The molecule has 0 radical (unpaired) electrons. The number of carbonyl (C=O) groups excluding carboxylic acids is 3. The maximum Gasteiger partial charge on any atom is 0.307 e. The number of nitrogens with one attached hydrogen (secondary N) is 1. The lowest BCUT2D eigenvalue weighted by Gasteiger charge is -2.15. The molecule has 148 valence electrons. The molecule has 28 heavy (non-hydrogen) atoms. The molecular formula is C19H15Cl3FNO4. The van der Waals surface area contributed by atoms with E-state index in [1.807, 2.05) is 0 Å². The summed E-state index contributed by atoms with van der Waals surface area (Å²) in [5.41, 5.74) is 0.430. The van der Waals surface area contributed by atoms with Crippen LogP contribution in [0.25, 0.3) is 0 Å². The van der Waals surface area contributed by atoms with E-state index in [1.54, 1.807) is 0 Å². The second kappa shape index (κ2) is 9.87. The summed E-state index contributed by atoms with van der Waals surface area (Å²) in [5, 5.41) is 3.04. The number of carbonyl (C=O) groups is 3. The minimum Gasteiger partial charge on any atom is -0.453 e. The largest absolute Gasteiger partial charge is 0.453 e. The van der Waals surface area contributed by atoms with Crippen LogP contribution in [-0.4, -0.2) is 23.8 Å². The lowest BCUT2D eigenvalue weighted by atomic mass is 10.1. The van der Waals surface area contributed by atoms with Crippen LogP contribution >= 0.6 is 34.8 Å². The lowest BCUT2D eigenvalue weighted by Crippen LogP contribution is -2.30. The highest BCUT2D eigenvalue weighted by molar-refractivity contribution is 6.42. The monoisotopic (exact) mass is 445 g/mol. The van der Waals surface area contributed by atoms with Crippen LogP contribution in [0.15, 0.2) is 36.4 Å². The Morgan fingerprint density at radius 2 is 1.61 bits per heavy atom. The van der Waals surface area contributed by atoms with Gasteiger partial charge in [-0.1, -0.05) is 34.8 Å². The van der Waals surface area contributed by atoms with Crippen molar-refractivity contribution in [3.8, 4) is 0 Å². The van der Waals surface area contributed by atoms with E-state index in [0.29, 0.717) is 5.02 Å². The van der Waals surface area contributed by atoms with E-state index in [9.17, 15) is 18.8 Å². The van der Waals surface area contributed by atoms with E-state index >= 15 is 0 Å². The van der Waals surface area contributed by atoms with E-state index in [-0.39, 0.29) is 39.9 Å². The maximum atomic E-state index is 12.9. The predicted octanol–water partition coefficient (Wildman–Crippen LogP) is 5.32. The molecule has 0 spiro atoms. The summed E-state index contributed by atoms with van der Waals surface area (Å²) in [6, 6.07) is 7.79. The molecule has 2 aromatic carbocycles. The molecule has 0 aliphatic heterocycles. The highest BCUT2D eigenvalue weighted by Crippen LogP contribution is 2.33. The van der Waals surface area contributed by atoms with Crippen molar-refractivity contribution in [2.45, 2.75) is 25.9 Å². The molecule has 2 aromatic rings. The number of amides is 1. The predicted molar refractivity (Wildman–Crippen MR) is 106 cm³/mol. The number of halogens is 4. The average molecular weight is 447 g/mol. The zero-order valence-corrected chi connectivity index (χ0v) is 16.9. The number of rotatable bonds is 7. The zero-order valence-electron chi connectivity index (χ0n) is 14.6. The molecule has 0 aliphatic carbocycles. The Morgan fingerprint density at radius 3 is 2.18 bits per heavy atom. The zero-order chi connectivity index (χ0) is 20.8. The molecule has 0 fully saturated rings. The fourth-order valence-electron chi connectivity index (χ4n) is 2.19. The lowest BCUT2D eigenvalue weighted by molar-refractivity contribution is -0.153. The van der Waals surface area contributed by atoms with Gasteiger partial charge in [-0.2, -0.15) is 0 Å². The first-order valence-electron chi connectivity index (χ1n) is 8.11. The van der Waals surface area contributed by atoms with Crippen LogP contribution in [0, 0.1) is 5.82 Å². The minimum atomic E-state index is -1.14. The van der Waals surface area contributed by atoms with Gasteiger partial charge in [0.05, 0.1) is 22.2 Å². The number of hydrogen-bond acceptors (Lipinski definition) is 4. The van der Waals surface area contributed by atoms with E-state index in [4.69, 9.17) is 39.5 Å². The van der Waals surface area contributed by atoms with Gasteiger partial charge < -0.3 is 10.1 Å². The maximum absolute atomic E-state index is 12.9. The topological polar surface area (TPSA) is 72.5 Å². The fourth-order valence-corrected chi connectivity index (χ4v) is 3.10. The standard InChI is InChI=1S/C19H15Cl3FNO4/c1-10(19(27)24-18-14(21)8-12(20)9-15(18)22)28-17(26)7-6-16(25)11-2-4-13(23)5-3-11/h2-5,8-10H,6-7H2,1H3,(H,24,27). The van der Waals surface area contributed by atoms with E-state index in [1.165, 1.54) is 31.2 Å². The first kappa shape index (κ1) is 22.1. The van der Waals surface area contributed by atoms with Crippen LogP contribution in [-0.2, 0) is 14.3 Å². The number of ketones is 1. The number of esters is 1. The first-order valence-corrected chi connectivity index (χ1v) is 9.24. The summed E-state index contributed by atoms with van der Waals surface area (Å²) in [7, 11) is 0. The van der Waals surface area contributed by atoms with Gasteiger partial charge in [0.1, 0.15) is 5.82 Å². The highest BCUT2D eigenvalue weighted by Gasteiger charge is 2.21. The summed E-state index contributed by atoms with van der Waals surface area (Å²) >= 11 is 17.8. The quantitative estimate of drug-likeness (QED) is 0.461. The Bertz CT molecular complexity index is 880. The smallest absolute Gasteiger partial charge is 0.307 e. The molecular weight excluding hydrogens is 432 g/mol. The molecule has 2 rings (SSSR count). The van der Waals surface area contributed by atoms with Crippen molar-refractivity contribution < 1.29 is 23.5 Å². The SMILES string of the molecule is CC(OC(=O)CCC(=O)c1ccc(F)cc1)C(=O)Nc1c(Cl)cc(Cl)cc1Cl. The van der Waals surface area contributed by atoms with Crippen molar-refractivity contribution >= 4 is 58.1 Å². The van der Waals surface area contributed by atoms with Crippen LogP contribution < -0.4 is 5.32 Å². The molecule has 0 saturated heterocycles. The van der Waals surface area contributed by atoms with Crippen LogP contribution in [0.4, 0.5) is 10.1 Å². The number of benzene rings is 2. The van der Waals surface area contributed by atoms with E-state index in [0.717, 1.165) is 12.1 Å². The van der Waals surface area contributed by atoms with Gasteiger partial charge in [-0.15, -0.1) is 0 Å². The van der Waals surface area contributed by atoms with Crippen molar-refractivity contribution in [1.82, 2.24) is 0 Å². The molecule has 0 saturated carbocycles. The Hall–Kier alpha value is -2.15. The molecule has 1 amide bonds. The van der Waals surface area contributed by atoms with Gasteiger partial charge in [0, 0.05) is 17.0 Å². The molecule has 1 atom stereocenters. The molecule has 0 heterocycles. The molecule has 5 nitrogen and oxygen atoms in total. The summed E-state index contributed by atoms with van der Waals surface area (Å²) in [6.07, 6.45) is -1.50. The number of Topliss-reactive ketones (excluding diaryl/α,β-unsaturated/α-hetero) is 1. The van der Waals surface area contributed by atoms with Gasteiger partial charge in [-0.05, 0) is 43.3 Å². The normalized spacial score (nSPS) is 11.6. The third-order valence-corrected chi connectivity index (χ3v) is 4.47. The molecule has 0 aromatic heterocycles. The van der Waals surface area contributed by atoms with Crippen molar-refractivity contribution in [2.75, 3.05) is 5.32 Å². The van der Waals surface area contributed by atoms with Gasteiger partial charge in [0.25, 0.3) is 5.91 Å². The van der Waals surface area contributed by atoms with E-state index in [2.05, 4.69) is 5.32 Å². The van der Waals surface area contributed by atoms with Gasteiger partial charge in [-0.25, -0.2) is 4.39 Å².